The van der Waals surface area contributed by atoms with E-state index < -0.39 is 5.91 Å². The van der Waals surface area contributed by atoms with Crippen LogP contribution < -0.4 is 10.6 Å². The van der Waals surface area contributed by atoms with Crippen molar-refractivity contribution >= 4 is 29.2 Å². The Kier molecular flexibility index (Phi) is 6.54. The zero-order valence-corrected chi connectivity index (χ0v) is 15.8. The van der Waals surface area contributed by atoms with Crippen molar-refractivity contribution in [1.29, 1.82) is 0 Å². The van der Waals surface area contributed by atoms with E-state index in [0.29, 0.717) is 0 Å². The molecule has 142 valence electrons. The molecule has 3 N–H and O–H groups in total. The van der Waals surface area contributed by atoms with Crippen molar-refractivity contribution in [2.45, 2.75) is 0 Å². The second-order valence-corrected chi connectivity index (χ2v) is 6.93. The van der Waals surface area contributed by atoms with Crippen molar-refractivity contribution in [3.8, 4) is 16.2 Å². The molecule has 0 fully saturated rings. The maximum Gasteiger partial charge on any atom is 0.273 e. The number of aromatic hydroxyl groups is 1. The number of aromatic nitrogens is 1. The first-order chi connectivity index (χ1) is 13.6. The van der Waals surface area contributed by atoms with Gasteiger partial charge in [-0.25, -0.2) is 4.98 Å². The summed E-state index contributed by atoms with van der Waals surface area (Å²) in [5.41, 5.74) is 1.10. The van der Waals surface area contributed by atoms with E-state index in [0.717, 1.165) is 15.3 Å². The van der Waals surface area contributed by atoms with Crippen LogP contribution in [-0.2, 0) is 4.79 Å². The Bertz CT molecular complexity index is 983. The highest BCUT2D eigenvalue weighted by molar-refractivity contribution is 7.16. The first-order valence-electron chi connectivity index (χ1n) is 8.67. The van der Waals surface area contributed by atoms with Crippen LogP contribution in [0.1, 0.15) is 15.4 Å². The molecule has 2 heterocycles. The van der Waals surface area contributed by atoms with Gasteiger partial charge in [0.15, 0.2) is 5.69 Å². The molecule has 3 aromatic rings. The predicted octanol–water partition coefficient (Wildman–Crippen LogP) is 3.08. The van der Waals surface area contributed by atoms with Crippen molar-refractivity contribution in [3.05, 3.63) is 77.4 Å². The Morgan fingerprint density at radius 2 is 1.79 bits per heavy atom. The van der Waals surface area contributed by atoms with Crippen LogP contribution in [0.4, 0.5) is 0 Å². The van der Waals surface area contributed by atoms with Crippen LogP contribution in [-0.4, -0.2) is 35.0 Å². The minimum Gasteiger partial charge on any atom is -0.505 e. The number of carbonyl (C=O) groups is 2. The van der Waals surface area contributed by atoms with Gasteiger partial charge in [0.1, 0.15) is 5.75 Å². The van der Waals surface area contributed by atoms with Crippen LogP contribution in [0.25, 0.3) is 16.5 Å². The molecule has 0 unspecified atom stereocenters. The van der Waals surface area contributed by atoms with Crippen molar-refractivity contribution in [1.82, 2.24) is 15.6 Å². The summed E-state index contributed by atoms with van der Waals surface area (Å²) in [5.74, 6) is -0.919. The molecule has 0 saturated carbocycles. The van der Waals surface area contributed by atoms with E-state index >= 15 is 0 Å². The molecule has 0 aliphatic carbocycles. The SMILES string of the molecule is O=C(C=Cc1ccc(-c2ccccc2)s1)NCCNC(=O)c1ncccc1O. The lowest BCUT2D eigenvalue weighted by Crippen LogP contribution is -2.34. The second kappa shape index (κ2) is 9.48. The van der Waals surface area contributed by atoms with Crippen LogP contribution in [0, 0.1) is 0 Å². The summed E-state index contributed by atoms with van der Waals surface area (Å²) in [6.07, 6.45) is 4.65. The largest absolute Gasteiger partial charge is 0.505 e. The minimum absolute atomic E-state index is 0.0411. The molecule has 1 aromatic carbocycles. The van der Waals surface area contributed by atoms with Crippen molar-refractivity contribution in [2.75, 3.05) is 13.1 Å². The van der Waals surface area contributed by atoms with Gasteiger partial charge < -0.3 is 15.7 Å². The minimum atomic E-state index is -0.491. The summed E-state index contributed by atoms with van der Waals surface area (Å²) in [6.45, 7) is 0.494. The maximum atomic E-state index is 11.9. The highest BCUT2D eigenvalue weighted by Gasteiger charge is 2.11. The quantitative estimate of drug-likeness (QED) is 0.425. The molecule has 3 rings (SSSR count). The summed E-state index contributed by atoms with van der Waals surface area (Å²) < 4.78 is 0. The Balaban J connectivity index is 1.43. The third-order valence-electron chi connectivity index (χ3n) is 3.80. The molecule has 0 bridgehead atoms. The Morgan fingerprint density at radius 3 is 2.57 bits per heavy atom. The summed E-state index contributed by atoms with van der Waals surface area (Å²) in [4.78, 5) is 29.7. The number of carbonyl (C=O) groups excluding carboxylic acids is 2. The molecule has 6 nitrogen and oxygen atoms in total. The van der Waals surface area contributed by atoms with E-state index in [1.54, 1.807) is 17.4 Å². The van der Waals surface area contributed by atoms with E-state index in [4.69, 9.17) is 0 Å². The van der Waals surface area contributed by atoms with Gasteiger partial charge in [-0.05, 0) is 35.9 Å². The van der Waals surface area contributed by atoms with Gasteiger partial charge in [0.2, 0.25) is 5.91 Å². The van der Waals surface area contributed by atoms with Crippen LogP contribution in [0.5, 0.6) is 5.75 Å². The Labute approximate surface area is 166 Å². The number of nitrogens with zero attached hydrogens (tertiary/aromatic N) is 1. The van der Waals surface area contributed by atoms with Gasteiger partial charge in [-0.1, -0.05) is 30.3 Å². The van der Waals surface area contributed by atoms with Crippen molar-refractivity contribution in [3.63, 3.8) is 0 Å². The lowest BCUT2D eigenvalue weighted by atomic mass is 10.2. The van der Waals surface area contributed by atoms with Gasteiger partial charge in [0.25, 0.3) is 5.91 Å². The standard InChI is InChI=1S/C21H19N3O3S/c25-17-7-4-12-23-20(17)21(27)24-14-13-22-19(26)11-9-16-8-10-18(28-16)15-5-2-1-3-6-15/h1-12,25H,13-14H2,(H,22,26)(H,24,27). The van der Waals surface area contributed by atoms with E-state index in [1.165, 1.54) is 24.4 Å². The highest BCUT2D eigenvalue weighted by atomic mass is 32.1. The van der Waals surface area contributed by atoms with Crippen molar-refractivity contribution in [2.24, 2.45) is 0 Å². The number of hydrogen-bond acceptors (Lipinski definition) is 5. The summed E-state index contributed by atoms with van der Waals surface area (Å²) in [7, 11) is 0. The summed E-state index contributed by atoms with van der Waals surface area (Å²) >= 11 is 1.60. The lowest BCUT2D eigenvalue weighted by molar-refractivity contribution is -0.116. The smallest absolute Gasteiger partial charge is 0.273 e. The topological polar surface area (TPSA) is 91.3 Å². The molecule has 7 heteroatoms. The molecule has 0 atom stereocenters. The van der Waals surface area contributed by atoms with E-state index in [-0.39, 0.29) is 30.4 Å². The summed E-state index contributed by atoms with van der Waals surface area (Å²) in [5, 5.41) is 14.9. The molecule has 0 spiro atoms. The molecule has 0 aliphatic rings. The Morgan fingerprint density at radius 1 is 1.00 bits per heavy atom. The summed E-state index contributed by atoms with van der Waals surface area (Å²) in [6, 6.07) is 17.0. The maximum absolute atomic E-state index is 11.9. The van der Waals surface area contributed by atoms with Gasteiger partial charge in [-0.15, -0.1) is 11.3 Å². The normalized spacial score (nSPS) is 10.7. The second-order valence-electron chi connectivity index (χ2n) is 5.82. The zero-order chi connectivity index (χ0) is 19.8. The average Bonchev–Trinajstić information content (AvgIpc) is 3.20. The Hall–Kier alpha value is -3.45. The lowest BCUT2D eigenvalue weighted by Gasteiger charge is -2.06. The first kappa shape index (κ1) is 19.3. The molecule has 0 aliphatic heterocycles. The van der Waals surface area contributed by atoms with Gasteiger partial charge in [-0.3, -0.25) is 9.59 Å². The predicted molar refractivity (Wildman–Crippen MR) is 110 cm³/mol. The molecule has 2 amide bonds. The number of benzene rings is 1. The molecule has 0 saturated heterocycles. The average molecular weight is 393 g/mol. The van der Waals surface area contributed by atoms with Gasteiger partial charge in [0.05, 0.1) is 0 Å². The number of nitrogens with one attached hydrogen (secondary N) is 2. The molecular weight excluding hydrogens is 374 g/mol. The molecular formula is C21H19N3O3S. The number of amides is 2. The van der Waals surface area contributed by atoms with E-state index in [2.05, 4.69) is 15.6 Å². The number of hydrogen-bond donors (Lipinski definition) is 3. The number of rotatable bonds is 7. The number of pyridine rings is 1. The molecule has 0 radical (unpaired) electrons. The molecule has 28 heavy (non-hydrogen) atoms. The third-order valence-corrected chi connectivity index (χ3v) is 4.89. The van der Waals surface area contributed by atoms with Crippen LogP contribution in [0.2, 0.25) is 0 Å². The van der Waals surface area contributed by atoms with Crippen LogP contribution >= 0.6 is 11.3 Å². The number of thiophene rings is 1. The van der Waals surface area contributed by atoms with Crippen LogP contribution in [0.3, 0.4) is 0 Å². The van der Waals surface area contributed by atoms with Gasteiger partial charge in [0, 0.05) is 35.1 Å². The van der Waals surface area contributed by atoms with E-state index in [9.17, 15) is 14.7 Å². The fourth-order valence-electron chi connectivity index (χ4n) is 2.43. The zero-order valence-electron chi connectivity index (χ0n) is 15.0. The first-order valence-corrected chi connectivity index (χ1v) is 9.48. The fourth-order valence-corrected chi connectivity index (χ4v) is 3.35. The van der Waals surface area contributed by atoms with E-state index in [1.807, 2.05) is 42.5 Å². The van der Waals surface area contributed by atoms with Crippen LogP contribution in [0.15, 0.2) is 66.9 Å². The highest BCUT2D eigenvalue weighted by Crippen LogP contribution is 2.28. The van der Waals surface area contributed by atoms with Gasteiger partial charge >= 0.3 is 0 Å². The fraction of sp³-hybridized carbons (Fsp3) is 0.0952. The monoisotopic (exact) mass is 393 g/mol. The third kappa shape index (κ3) is 5.28. The van der Waals surface area contributed by atoms with Crippen molar-refractivity contribution < 1.29 is 14.7 Å². The molecule has 2 aromatic heterocycles. The van der Waals surface area contributed by atoms with Gasteiger partial charge in [-0.2, -0.15) is 0 Å².